The van der Waals surface area contributed by atoms with Crippen LogP contribution < -0.4 is 4.74 Å². The highest BCUT2D eigenvalue weighted by Crippen LogP contribution is 2.31. The van der Waals surface area contributed by atoms with Gasteiger partial charge in [-0.15, -0.1) is 0 Å². The van der Waals surface area contributed by atoms with E-state index in [1.165, 1.54) is 0 Å². The molecule has 0 spiro atoms. The molecule has 0 unspecified atom stereocenters. The van der Waals surface area contributed by atoms with Crippen LogP contribution in [0.4, 0.5) is 0 Å². The molecule has 0 aliphatic heterocycles. The number of nitrogens with zero attached hydrogens (tertiary/aromatic N) is 1. The van der Waals surface area contributed by atoms with E-state index in [2.05, 4.69) is 9.97 Å². The fourth-order valence-electron chi connectivity index (χ4n) is 2.42. The molecule has 0 aliphatic carbocycles. The molecule has 2 aromatic carbocycles. The van der Waals surface area contributed by atoms with Gasteiger partial charge in [-0.3, -0.25) is 0 Å². The fraction of sp³-hybridized carbons (Fsp3) is 0.222. The summed E-state index contributed by atoms with van der Waals surface area (Å²) >= 11 is 0. The molecule has 0 atom stereocenters. The van der Waals surface area contributed by atoms with E-state index in [0.717, 1.165) is 16.6 Å². The zero-order valence-corrected chi connectivity index (χ0v) is 13.5. The summed E-state index contributed by atoms with van der Waals surface area (Å²) in [6, 6.07) is 10.2. The van der Waals surface area contributed by atoms with E-state index < -0.39 is 0 Å². The molecule has 2 N–H and O–H groups in total. The third kappa shape index (κ3) is 3.03. The van der Waals surface area contributed by atoms with Crippen LogP contribution in [-0.4, -0.2) is 34.3 Å². The van der Waals surface area contributed by atoms with Crippen LogP contribution >= 0.6 is 0 Å². The SMILES string of the molecule is CCOC(=O)c1ccc2nc(-c3ccc(O)c(OCC)c3)[nH]c2c1. The summed E-state index contributed by atoms with van der Waals surface area (Å²) in [5.74, 6) is 0.759. The summed E-state index contributed by atoms with van der Waals surface area (Å²) in [4.78, 5) is 19.5. The first kappa shape index (κ1) is 15.9. The lowest BCUT2D eigenvalue weighted by atomic mass is 10.2. The van der Waals surface area contributed by atoms with E-state index in [1.54, 1.807) is 43.3 Å². The predicted octanol–water partition coefficient (Wildman–Crippen LogP) is 3.51. The van der Waals surface area contributed by atoms with Crippen molar-refractivity contribution in [2.24, 2.45) is 0 Å². The van der Waals surface area contributed by atoms with Gasteiger partial charge < -0.3 is 19.6 Å². The van der Waals surface area contributed by atoms with Gasteiger partial charge in [-0.1, -0.05) is 0 Å². The van der Waals surface area contributed by atoms with E-state index in [0.29, 0.717) is 30.4 Å². The quantitative estimate of drug-likeness (QED) is 0.701. The van der Waals surface area contributed by atoms with E-state index in [4.69, 9.17) is 9.47 Å². The molecule has 124 valence electrons. The molecule has 0 bridgehead atoms. The Kier molecular flexibility index (Phi) is 4.37. The monoisotopic (exact) mass is 326 g/mol. The van der Waals surface area contributed by atoms with Crippen molar-refractivity contribution >= 4 is 17.0 Å². The van der Waals surface area contributed by atoms with Gasteiger partial charge in [0.15, 0.2) is 11.5 Å². The van der Waals surface area contributed by atoms with Crippen LogP contribution in [0.5, 0.6) is 11.5 Å². The molecule has 6 nitrogen and oxygen atoms in total. The topological polar surface area (TPSA) is 84.4 Å². The lowest BCUT2D eigenvalue weighted by Gasteiger charge is -2.06. The third-order valence-electron chi connectivity index (χ3n) is 3.53. The average Bonchev–Trinajstić information content (AvgIpc) is 3.00. The number of aromatic hydroxyl groups is 1. The minimum Gasteiger partial charge on any atom is -0.504 e. The average molecular weight is 326 g/mol. The van der Waals surface area contributed by atoms with Crippen LogP contribution in [0.3, 0.4) is 0 Å². The number of hydrogen-bond donors (Lipinski definition) is 2. The number of aromatic nitrogens is 2. The van der Waals surface area contributed by atoms with Gasteiger partial charge in [0.05, 0.1) is 29.8 Å². The lowest BCUT2D eigenvalue weighted by molar-refractivity contribution is 0.0526. The Morgan fingerprint density at radius 3 is 2.75 bits per heavy atom. The van der Waals surface area contributed by atoms with Gasteiger partial charge in [0.2, 0.25) is 0 Å². The maximum absolute atomic E-state index is 11.8. The number of rotatable bonds is 5. The number of imidazole rings is 1. The fourth-order valence-corrected chi connectivity index (χ4v) is 2.42. The summed E-state index contributed by atoms with van der Waals surface area (Å²) < 4.78 is 10.4. The van der Waals surface area contributed by atoms with E-state index in [1.807, 2.05) is 6.92 Å². The second kappa shape index (κ2) is 6.62. The first-order valence-electron chi connectivity index (χ1n) is 7.75. The van der Waals surface area contributed by atoms with Crippen molar-refractivity contribution in [2.45, 2.75) is 13.8 Å². The maximum Gasteiger partial charge on any atom is 0.338 e. The second-order valence-corrected chi connectivity index (χ2v) is 5.15. The van der Waals surface area contributed by atoms with Gasteiger partial charge in [-0.25, -0.2) is 9.78 Å². The molecule has 0 radical (unpaired) electrons. The Hall–Kier alpha value is -3.02. The highest BCUT2D eigenvalue weighted by Gasteiger charge is 2.12. The van der Waals surface area contributed by atoms with Gasteiger partial charge in [-0.2, -0.15) is 0 Å². The Balaban J connectivity index is 1.99. The van der Waals surface area contributed by atoms with Crippen LogP contribution in [0.25, 0.3) is 22.4 Å². The van der Waals surface area contributed by atoms with Crippen molar-refractivity contribution in [1.29, 1.82) is 0 Å². The standard InChI is InChI=1S/C18H18N2O4/c1-3-23-16-10-11(6-8-15(16)21)17-19-13-7-5-12(9-14(13)20-17)18(22)24-4-2/h5-10,21H,3-4H2,1-2H3,(H,19,20). The highest BCUT2D eigenvalue weighted by atomic mass is 16.5. The summed E-state index contributed by atoms with van der Waals surface area (Å²) in [5.41, 5.74) is 2.73. The third-order valence-corrected chi connectivity index (χ3v) is 3.53. The minimum atomic E-state index is -0.362. The second-order valence-electron chi connectivity index (χ2n) is 5.15. The summed E-state index contributed by atoms with van der Waals surface area (Å²) in [6.07, 6.45) is 0. The number of benzene rings is 2. The Morgan fingerprint density at radius 1 is 1.17 bits per heavy atom. The smallest absolute Gasteiger partial charge is 0.338 e. The molecule has 0 fully saturated rings. The molecular formula is C18H18N2O4. The first-order valence-corrected chi connectivity index (χ1v) is 7.75. The molecule has 24 heavy (non-hydrogen) atoms. The number of phenolic OH excluding ortho intramolecular Hbond substituents is 1. The maximum atomic E-state index is 11.8. The Labute approximate surface area is 139 Å². The molecular weight excluding hydrogens is 308 g/mol. The minimum absolute atomic E-state index is 0.0845. The van der Waals surface area contributed by atoms with Crippen LogP contribution in [0, 0.1) is 0 Å². The normalized spacial score (nSPS) is 10.8. The largest absolute Gasteiger partial charge is 0.504 e. The van der Waals surface area contributed by atoms with Crippen LogP contribution in [0.2, 0.25) is 0 Å². The number of hydrogen-bond acceptors (Lipinski definition) is 5. The number of nitrogens with one attached hydrogen (secondary N) is 1. The van der Waals surface area contributed by atoms with Crippen LogP contribution in [-0.2, 0) is 4.74 Å². The first-order chi connectivity index (χ1) is 11.6. The van der Waals surface area contributed by atoms with Crippen molar-refractivity contribution < 1.29 is 19.4 Å². The highest BCUT2D eigenvalue weighted by molar-refractivity contribution is 5.94. The Bertz CT molecular complexity index is 886. The van der Waals surface area contributed by atoms with Gasteiger partial charge in [0.25, 0.3) is 0 Å². The molecule has 3 aromatic rings. The number of ether oxygens (including phenoxy) is 2. The molecule has 0 saturated heterocycles. The Morgan fingerprint density at radius 2 is 2.00 bits per heavy atom. The number of carbonyl (C=O) groups excluding carboxylic acids is 1. The van der Waals surface area contributed by atoms with Gasteiger partial charge in [0, 0.05) is 5.56 Å². The number of carbonyl (C=O) groups is 1. The van der Waals surface area contributed by atoms with Crippen molar-refractivity contribution in [2.75, 3.05) is 13.2 Å². The van der Waals surface area contributed by atoms with Gasteiger partial charge >= 0.3 is 5.97 Å². The van der Waals surface area contributed by atoms with Crippen molar-refractivity contribution in [3.8, 4) is 22.9 Å². The van der Waals surface area contributed by atoms with Crippen LogP contribution in [0.1, 0.15) is 24.2 Å². The summed E-state index contributed by atoms with van der Waals surface area (Å²) in [5, 5.41) is 9.79. The zero-order valence-electron chi connectivity index (χ0n) is 13.5. The number of esters is 1. The molecule has 6 heteroatoms. The van der Waals surface area contributed by atoms with Crippen LogP contribution in [0.15, 0.2) is 36.4 Å². The molecule has 0 saturated carbocycles. The number of fused-ring (bicyclic) bond motifs is 1. The van der Waals surface area contributed by atoms with Crippen molar-refractivity contribution in [3.63, 3.8) is 0 Å². The van der Waals surface area contributed by atoms with E-state index in [9.17, 15) is 9.90 Å². The zero-order chi connectivity index (χ0) is 17.1. The predicted molar refractivity (Wildman–Crippen MR) is 90.3 cm³/mol. The molecule has 1 aromatic heterocycles. The molecule has 3 rings (SSSR count). The van der Waals surface area contributed by atoms with E-state index in [-0.39, 0.29) is 11.7 Å². The van der Waals surface area contributed by atoms with Crippen molar-refractivity contribution in [1.82, 2.24) is 9.97 Å². The van der Waals surface area contributed by atoms with Gasteiger partial charge in [-0.05, 0) is 50.2 Å². The number of phenols is 1. The lowest BCUT2D eigenvalue weighted by Crippen LogP contribution is -2.04. The number of aromatic amines is 1. The summed E-state index contributed by atoms with van der Waals surface area (Å²) in [6.45, 7) is 4.41. The van der Waals surface area contributed by atoms with Gasteiger partial charge in [0.1, 0.15) is 5.82 Å². The van der Waals surface area contributed by atoms with E-state index >= 15 is 0 Å². The molecule has 0 amide bonds. The number of H-pyrrole nitrogens is 1. The molecule has 0 aliphatic rings. The molecule has 1 heterocycles. The van der Waals surface area contributed by atoms with Crippen molar-refractivity contribution in [3.05, 3.63) is 42.0 Å². The summed E-state index contributed by atoms with van der Waals surface area (Å²) in [7, 11) is 0.